The van der Waals surface area contributed by atoms with E-state index < -0.39 is 6.10 Å². The third-order valence-electron chi connectivity index (χ3n) is 3.38. The van der Waals surface area contributed by atoms with Gasteiger partial charge in [0.15, 0.2) is 0 Å². The Hall–Kier alpha value is -1.93. The van der Waals surface area contributed by atoms with Crippen molar-refractivity contribution in [1.82, 2.24) is 0 Å². The maximum atomic E-state index is 13.7. The molecule has 0 aromatic heterocycles. The summed E-state index contributed by atoms with van der Waals surface area (Å²) in [5.41, 5.74) is 1.79. The molecule has 0 heterocycles. The summed E-state index contributed by atoms with van der Waals surface area (Å²) in [4.78, 5) is 0. The van der Waals surface area contributed by atoms with Gasteiger partial charge < -0.3 is 5.11 Å². The first-order valence-electron chi connectivity index (χ1n) is 6.28. The lowest BCUT2D eigenvalue weighted by atomic mass is 9.88. The molecule has 0 amide bonds. The van der Waals surface area contributed by atoms with Crippen molar-refractivity contribution in [2.45, 2.75) is 18.9 Å². The average Bonchev–Trinajstić information content (AvgIpc) is 2.46. The highest BCUT2D eigenvalue weighted by Gasteiger charge is 2.21. The molecule has 0 fully saturated rings. The van der Waals surface area contributed by atoms with E-state index in [0.717, 1.165) is 5.56 Å². The Morgan fingerprint density at radius 1 is 1.05 bits per heavy atom. The molecule has 2 rings (SSSR count). The van der Waals surface area contributed by atoms with Crippen LogP contribution >= 0.6 is 0 Å². The minimum Gasteiger partial charge on any atom is -0.388 e. The van der Waals surface area contributed by atoms with E-state index >= 15 is 0 Å². The third-order valence-corrected chi connectivity index (χ3v) is 3.38. The fraction of sp³-hybridized carbons (Fsp3) is 0.176. The molecule has 0 aliphatic rings. The molecule has 0 aliphatic heterocycles. The monoisotopic (exact) mass is 256 g/mol. The summed E-state index contributed by atoms with van der Waals surface area (Å²) in [7, 11) is 0. The number of aliphatic hydroxyl groups excluding tert-OH is 1. The average molecular weight is 256 g/mol. The van der Waals surface area contributed by atoms with E-state index in [4.69, 9.17) is 0 Å². The fourth-order valence-corrected chi connectivity index (χ4v) is 2.12. The van der Waals surface area contributed by atoms with Crippen molar-refractivity contribution < 1.29 is 9.50 Å². The van der Waals surface area contributed by atoms with Gasteiger partial charge in [-0.1, -0.05) is 62.0 Å². The molecule has 2 unspecified atom stereocenters. The third kappa shape index (κ3) is 2.91. The van der Waals surface area contributed by atoms with Crippen LogP contribution in [0, 0.1) is 5.82 Å². The van der Waals surface area contributed by atoms with Crippen molar-refractivity contribution in [3.63, 3.8) is 0 Å². The van der Waals surface area contributed by atoms with E-state index in [1.165, 1.54) is 6.07 Å². The molecule has 19 heavy (non-hydrogen) atoms. The van der Waals surface area contributed by atoms with Crippen molar-refractivity contribution in [2.24, 2.45) is 0 Å². The predicted octanol–water partition coefficient (Wildman–Crippen LogP) is 4.00. The van der Waals surface area contributed by atoms with Gasteiger partial charge in [0, 0.05) is 11.5 Å². The summed E-state index contributed by atoms with van der Waals surface area (Å²) < 4.78 is 13.7. The van der Waals surface area contributed by atoms with E-state index in [-0.39, 0.29) is 11.7 Å². The summed E-state index contributed by atoms with van der Waals surface area (Å²) in [5.74, 6) is -0.486. The number of rotatable bonds is 4. The number of benzene rings is 2. The summed E-state index contributed by atoms with van der Waals surface area (Å²) in [5, 5.41) is 10.4. The largest absolute Gasteiger partial charge is 0.388 e. The lowest BCUT2D eigenvalue weighted by Gasteiger charge is -2.22. The second-order valence-corrected chi connectivity index (χ2v) is 4.65. The van der Waals surface area contributed by atoms with Gasteiger partial charge in [-0.15, -0.1) is 0 Å². The minimum atomic E-state index is -0.806. The van der Waals surface area contributed by atoms with Crippen LogP contribution in [0.4, 0.5) is 4.39 Å². The molecule has 2 heteroatoms. The molecule has 2 aromatic rings. The predicted molar refractivity (Wildman–Crippen MR) is 76.3 cm³/mol. The zero-order valence-corrected chi connectivity index (χ0v) is 10.9. The maximum absolute atomic E-state index is 13.7. The van der Waals surface area contributed by atoms with E-state index in [9.17, 15) is 9.50 Å². The highest BCUT2D eigenvalue weighted by atomic mass is 19.1. The molecule has 98 valence electrons. The Morgan fingerprint density at radius 2 is 1.63 bits per heavy atom. The van der Waals surface area contributed by atoms with Gasteiger partial charge in [0.25, 0.3) is 0 Å². The first kappa shape index (κ1) is 13.5. The van der Waals surface area contributed by atoms with Gasteiger partial charge in [0.1, 0.15) is 5.82 Å². The fourth-order valence-electron chi connectivity index (χ4n) is 2.12. The molecule has 0 spiro atoms. The molecular weight excluding hydrogens is 239 g/mol. The second kappa shape index (κ2) is 5.81. The van der Waals surface area contributed by atoms with Gasteiger partial charge in [-0.25, -0.2) is 4.39 Å². The van der Waals surface area contributed by atoms with E-state index in [1.54, 1.807) is 18.2 Å². The Balaban J connectivity index is 2.23. The van der Waals surface area contributed by atoms with E-state index in [0.29, 0.717) is 11.1 Å². The van der Waals surface area contributed by atoms with E-state index in [2.05, 4.69) is 6.58 Å². The molecule has 2 atom stereocenters. The Bertz CT molecular complexity index is 562. The van der Waals surface area contributed by atoms with Crippen LogP contribution in [-0.4, -0.2) is 11.2 Å². The van der Waals surface area contributed by atoms with Gasteiger partial charge in [0.05, 0.1) is 6.10 Å². The summed E-state index contributed by atoms with van der Waals surface area (Å²) in [6.45, 7) is 5.75. The second-order valence-electron chi connectivity index (χ2n) is 4.65. The molecule has 1 nitrogen and oxygen atoms in total. The van der Waals surface area contributed by atoms with Gasteiger partial charge in [0.2, 0.25) is 0 Å². The lowest BCUT2D eigenvalue weighted by molar-refractivity contribution is 0.206. The Kier molecular flexibility index (Phi) is 4.13. The molecule has 1 N–H and O–H groups in total. The molecule has 0 radical (unpaired) electrons. The van der Waals surface area contributed by atoms with Gasteiger partial charge >= 0.3 is 0 Å². The molecule has 0 saturated heterocycles. The van der Waals surface area contributed by atoms with Crippen molar-refractivity contribution >= 4 is 5.57 Å². The topological polar surface area (TPSA) is 20.2 Å². The zero-order chi connectivity index (χ0) is 13.8. The van der Waals surface area contributed by atoms with Crippen LogP contribution in [0.25, 0.3) is 5.57 Å². The smallest absolute Gasteiger partial charge is 0.130 e. The van der Waals surface area contributed by atoms with Crippen LogP contribution in [0.2, 0.25) is 0 Å². The van der Waals surface area contributed by atoms with Crippen LogP contribution in [0.15, 0.2) is 61.2 Å². The summed E-state index contributed by atoms with van der Waals surface area (Å²) >= 11 is 0. The van der Waals surface area contributed by atoms with Crippen LogP contribution in [-0.2, 0) is 0 Å². The number of halogens is 1. The van der Waals surface area contributed by atoms with Crippen LogP contribution in [0.1, 0.15) is 24.0 Å². The Labute approximate surface area is 113 Å². The Morgan fingerprint density at radius 3 is 2.26 bits per heavy atom. The van der Waals surface area contributed by atoms with Crippen LogP contribution in [0.3, 0.4) is 0 Å². The van der Waals surface area contributed by atoms with Crippen molar-refractivity contribution in [1.29, 1.82) is 0 Å². The lowest BCUT2D eigenvalue weighted by Crippen LogP contribution is -2.17. The number of hydrogen-bond acceptors (Lipinski definition) is 1. The van der Waals surface area contributed by atoms with Crippen molar-refractivity contribution in [3.8, 4) is 0 Å². The SMILES string of the molecule is C=C(c1ccccc1F)C(O)C(C)c1ccccc1. The number of hydrogen-bond donors (Lipinski definition) is 1. The maximum Gasteiger partial charge on any atom is 0.130 e. The van der Waals surface area contributed by atoms with Gasteiger partial charge in [-0.2, -0.15) is 0 Å². The van der Waals surface area contributed by atoms with Crippen LogP contribution < -0.4 is 0 Å². The van der Waals surface area contributed by atoms with Gasteiger partial charge in [-0.05, 0) is 17.2 Å². The molecule has 0 saturated carbocycles. The minimum absolute atomic E-state index is 0.131. The summed E-state index contributed by atoms with van der Waals surface area (Å²) in [6, 6.07) is 16.0. The van der Waals surface area contributed by atoms with Gasteiger partial charge in [-0.3, -0.25) is 0 Å². The molecule has 0 bridgehead atoms. The highest BCUT2D eigenvalue weighted by Crippen LogP contribution is 2.29. The number of aliphatic hydroxyl groups is 1. The highest BCUT2D eigenvalue weighted by molar-refractivity contribution is 5.68. The quantitative estimate of drug-likeness (QED) is 0.876. The normalized spacial score (nSPS) is 13.8. The first-order valence-corrected chi connectivity index (χ1v) is 6.28. The molecule has 0 aliphatic carbocycles. The zero-order valence-electron chi connectivity index (χ0n) is 10.9. The molecular formula is C17H17FO. The first-order chi connectivity index (χ1) is 9.11. The molecule has 2 aromatic carbocycles. The van der Waals surface area contributed by atoms with Crippen LogP contribution in [0.5, 0.6) is 0 Å². The summed E-state index contributed by atoms with van der Waals surface area (Å²) in [6.07, 6.45) is -0.806. The van der Waals surface area contributed by atoms with E-state index in [1.807, 2.05) is 37.3 Å². The van der Waals surface area contributed by atoms with Crippen molar-refractivity contribution in [2.75, 3.05) is 0 Å². The standard InChI is InChI=1S/C17H17FO/c1-12(14-8-4-3-5-9-14)17(19)13(2)15-10-6-7-11-16(15)18/h3-12,17,19H,2H2,1H3. The van der Waals surface area contributed by atoms with Crippen molar-refractivity contribution in [3.05, 3.63) is 78.1 Å².